The molecule has 0 amide bonds. The van der Waals surface area contributed by atoms with Gasteiger partial charge in [0.1, 0.15) is 30.0 Å². The number of benzene rings is 2. The second-order valence-corrected chi connectivity index (χ2v) is 11.1. The third-order valence-electron chi connectivity index (χ3n) is 7.91. The van der Waals surface area contributed by atoms with E-state index in [9.17, 15) is 0 Å². The molecule has 1 unspecified atom stereocenters. The van der Waals surface area contributed by atoms with Gasteiger partial charge >= 0.3 is 0 Å². The van der Waals surface area contributed by atoms with E-state index in [1.165, 1.54) is 0 Å². The largest absolute Gasteiger partial charge is 0.364 e. The van der Waals surface area contributed by atoms with Crippen molar-refractivity contribution in [3.8, 4) is 11.3 Å². The van der Waals surface area contributed by atoms with Crippen molar-refractivity contribution in [3.63, 3.8) is 0 Å². The van der Waals surface area contributed by atoms with Crippen LogP contribution in [0.4, 0.5) is 5.95 Å². The highest BCUT2D eigenvalue weighted by molar-refractivity contribution is 6.34. The number of guanidine groups is 1. The number of nitrogens with zero attached hydrogens (tertiary/aromatic N) is 7. The molecule has 0 radical (unpaired) electrons. The molecule has 0 spiro atoms. The lowest BCUT2D eigenvalue weighted by Gasteiger charge is -2.34. The number of aliphatic imine (C=N–C) groups is 2. The van der Waals surface area contributed by atoms with Gasteiger partial charge < -0.3 is 33.4 Å². The zero-order chi connectivity index (χ0) is 28.6. The van der Waals surface area contributed by atoms with Crippen LogP contribution >= 0.6 is 11.6 Å². The molecule has 5 aromatic rings. The number of H-pyrrole nitrogens is 1. The summed E-state index contributed by atoms with van der Waals surface area (Å²) in [5.41, 5.74) is 6.01. The molecule has 0 saturated carbocycles. The van der Waals surface area contributed by atoms with Gasteiger partial charge in [0.25, 0.3) is 0 Å². The van der Waals surface area contributed by atoms with E-state index in [0.29, 0.717) is 24.6 Å². The van der Waals surface area contributed by atoms with Crippen LogP contribution in [-0.2, 0) is 28.5 Å². The summed E-state index contributed by atoms with van der Waals surface area (Å²) in [4.78, 5) is 23.3. The van der Waals surface area contributed by atoms with Gasteiger partial charge in [0.2, 0.25) is 11.9 Å². The highest BCUT2D eigenvalue weighted by Crippen LogP contribution is 2.56. The Morgan fingerprint density at radius 1 is 0.878 bits per heavy atom. The van der Waals surface area contributed by atoms with E-state index >= 15 is 0 Å². The Hall–Kier alpha value is -4.12. The number of ether oxygens (including phenoxy) is 2. The number of nitrogens with one attached hydrogen (secondary N) is 1. The Morgan fingerprint density at radius 2 is 1.51 bits per heavy atom. The van der Waals surface area contributed by atoms with Crippen molar-refractivity contribution in [2.45, 2.75) is 19.0 Å². The van der Waals surface area contributed by atoms with Crippen molar-refractivity contribution in [2.24, 2.45) is 9.98 Å². The zero-order valence-electron chi connectivity index (χ0n) is 23.9. The van der Waals surface area contributed by atoms with Crippen LogP contribution in [0.15, 0.2) is 58.5 Å². The van der Waals surface area contributed by atoms with Crippen molar-refractivity contribution in [1.82, 2.24) is 24.0 Å². The monoisotopic (exact) mass is 570 g/mol. The maximum Gasteiger partial charge on any atom is 0.222 e. The summed E-state index contributed by atoms with van der Waals surface area (Å²) in [7, 11) is 11.2. The molecule has 10 nitrogen and oxygen atoms in total. The number of para-hydroxylation sites is 2. The lowest BCUT2D eigenvalue weighted by Crippen LogP contribution is -2.40. The molecule has 0 fully saturated rings. The molecular weight excluding hydrogens is 540 g/mol. The number of imidazole rings is 1. The van der Waals surface area contributed by atoms with Crippen LogP contribution < -0.4 is 4.90 Å². The van der Waals surface area contributed by atoms with Gasteiger partial charge in [0.15, 0.2) is 5.54 Å². The first kappa shape index (κ1) is 25.8. The number of rotatable bonds is 6. The fourth-order valence-electron chi connectivity index (χ4n) is 6.28. The second-order valence-electron chi connectivity index (χ2n) is 10.8. The molecular formula is C30H31ClN8O2. The molecule has 3 aromatic heterocycles. The molecule has 1 aliphatic heterocycles. The minimum absolute atomic E-state index is 0.292. The highest BCUT2D eigenvalue weighted by atomic mass is 35.5. The van der Waals surface area contributed by atoms with Gasteiger partial charge in [-0.2, -0.15) is 0 Å². The van der Waals surface area contributed by atoms with Crippen LogP contribution in [0.1, 0.15) is 17.0 Å². The summed E-state index contributed by atoms with van der Waals surface area (Å²) in [5, 5.41) is 2.57. The van der Waals surface area contributed by atoms with Gasteiger partial charge in [-0.25, -0.2) is 15.0 Å². The van der Waals surface area contributed by atoms with Gasteiger partial charge in [0, 0.05) is 64.3 Å². The number of aromatic amines is 1. The average Bonchev–Trinajstić information content (AvgIpc) is 3.70. The zero-order valence-corrected chi connectivity index (χ0v) is 24.6. The van der Waals surface area contributed by atoms with Gasteiger partial charge in [0.05, 0.1) is 22.4 Å². The van der Waals surface area contributed by atoms with Crippen LogP contribution in [0.2, 0.25) is 5.15 Å². The fraction of sp³-hybridized carbons (Fsp3) is 0.300. The normalized spacial score (nSPS) is 17.4. The number of hydrogen-bond donors (Lipinski definition) is 1. The predicted octanol–water partition coefficient (Wildman–Crippen LogP) is 4.89. The fourth-order valence-corrected chi connectivity index (χ4v) is 6.66. The average molecular weight is 571 g/mol. The highest BCUT2D eigenvalue weighted by Gasteiger charge is 2.56. The Morgan fingerprint density at radius 3 is 2.17 bits per heavy atom. The second kappa shape index (κ2) is 9.20. The van der Waals surface area contributed by atoms with Crippen LogP contribution in [0.5, 0.6) is 0 Å². The third kappa shape index (κ3) is 3.35. The molecule has 210 valence electrons. The molecule has 1 atom stereocenters. The molecule has 11 heteroatoms. The Bertz CT molecular complexity index is 1910. The first-order chi connectivity index (χ1) is 19.8. The number of anilines is 1. The lowest BCUT2D eigenvalue weighted by atomic mass is 9.74. The SMILES string of the molecule is COCn1c(Cl)c(C23N=C(N(C)C)N=C2c2[nH]c(N(C)C)nc2-c2c3n(COC)c3ccccc23)c2ccccc21. The lowest BCUT2D eigenvalue weighted by molar-refractivity contribution is 0.131. The van der Waals surface area contributed by atoms with Gasteiger partial charge in [-0.1, -0.05) is 48.0 Å². The summed E-state index contributed by atoms with van der Waals surface area (Å²) in [5.74, 6) is 1.32. The summed E-state index contributed by atoms with van der Waals surface area (Å²) >= 11 is 7.40. The molecule has 0 saturated heterocycles. The van der Waals surface area contributed by atoms with Crippen LogP contribution in [0.25, 0.3) is 33.1 Å². The molecule has 0 bridgehead atoms. The Balaban J connectivity index is 1.73. The first-order valence-corrected chi connectivity index (χ1v) is 13.7. The number of aromatic nitrogens is 4. The topological polar surface area (TPSA) is 88.2 Å². The molecule has 1 aliphatic carbocycles. The van der Waals surface area contributed by atoms with Gasteiger partial charge in [-0.15, -0.1) is 0 Å². The molecule has 4 heterocycles. The molecule has 2 aliphatic rings. The van der Waals surface area contributed by atoms with Crippen molar-refractivity contribution >= 4 is 51.0 Å². The maximum atomic E-state index is 7.40. The molecule has 7 rings (SSSR count). The van der Waals surface area contributed by atoms with E-state index in [-0.39, 0.29) is 0 Å². The van der Waals surface area contributed by atoms with E-state index in [1.54, 1.807) is 14.2 Å². The number of halogens is 1. The Labute approximate surface area is 242 Å². The van der Waals surface area contributed by atoms with E-state index in [4.69, 9.17) is 36.0 Å². The van der Waals surface area contributed by atoms with E-state index < -0.39 is 5.54 Å². The van der Waals surface area contributed by atoms with Gasteiger partial charge in [-0.05, 0) is 12.1 Å². The van der Waals surface area contributed by atoms with Crippen molar-refractivity contribution in [2.75, 3.05) is 47.3 Å². The molecule has 41 heavy (non-hydrogen) atoms. The van der Waals surface area contributed by atoms with E-state index in [2.05, 4.69) is 39.9 Å². The minimum Gasteiger partial charge on any atom is -0.364 e. The minimum atomic E-state index is -1.11. The first-order valence-electron chi connectivity index (χ1n) is 13.3. The van der Waals surface area contributed by atoms with Crippen LogP contribution in [-0.4, -0.2) is 78.1 Å². The summed E-state index contributed by atoms with van der Waals surface area (Å²) in [6.45, 7) is 0.604. The van der Waals surface area contributed by atoms with Crippen molar-refractivity contribution < 1.29 is 9.47 Å². The maximum absolute atomic E-state index is 7.40. The van der Waals surface area contributed by atoms with Crippen LogP contribution in [0, 0.1) is 0 Å². The van der Waals surface area contributed by atoms with Crippen LogP contribution in [0.3, 0.4) is 0 Å². The van der Waals surface area contributed by atoms with Gasteiger partial charge in [-0.3, -0.25) is 0 Å². The predicted molar refractivity (Wildman–Crippen MR) is 163 cm³/mol. The summed E-state index contributed by atoms with van der Waals surface area (Å²) in [6, 6.07) is 16.5. The van der Waals surface area contributed by atoms with E-state index in [1.807, 2.05) is 60.8 Å². The van der Waals surface area contributed by atoms with Crippen molar-refractivity contribution in [3.05, 3.63) is 70.6 Å². The summed E-state index contributed by atoms with van der Waals surface area (Å²) in [6.07, 6.45) is 0. The quantitative estimate of drug-likeness (QED) is 0.314. The number of fused-ring (bicyclic) bond motifs is 9. The standard InChI is InChI=1S/C30H31ClN8O2/c1-36(2)28-32-23-21-17-11-7-9-13-19(17)38(15-40-5)26(21)30(25(24(23)33-28)34-29(35-30)37(3)4)22-18-12-8-10-14-20(18)39(16-41-6)27(22)31/h7-14H,15-16H2,1-6H3,(H,32,33). The number of hydrogen-bond acceptors (Lipinski definition) is 7. The smallest absolute Gasteiger partial charge is 0.222 e. The number of methoxy groups -OCH3 is 2. The molecule has 1 N–H and O–H groups in total. The Kier molecular flexibility index (Phi) is 5.79. The summed E-state index contributed by atoms with van der Waals surface area (Å²) < 4.78 is 15.6. The molecule has 2 aromatic carbocycles. The van der Waals surface area contributed by atoms with E-state index in [0.717, 1.165) is 61.7 Å². The third-order valence-corrected chi connectivity index (χ3v) is 8.30. The van der Waals surface area contributed by atoms with Crippen molar-refractivity contribution in [1.29, 1.82) is 0 Å².